The van der Waals surface area contributed by atoms with Crippen LogP contribution in [0.5, 0.6) is 0 Å². The molecule has 15 heavy (non-hydrogen) atoms. The van der Waals surface area contributed by atoms with Gasteiger partial charge in [0.1, 0.15) is 0 Å². The molecule has 0 aliphatic heterocycles. The third-order valence-corrected chi connectivity index (χ3v) is 2.04. The second kappa shape index (κ2) is 8.21. The van der Waals surface area contributed by atoms with Crippen LogP contribution in [-0.4, -0.2) is 19.7 Å². The molecule has 82 valence electrons. The smallest absolute Gasteiger partial charge is 0.0716 e. The van der Waals surface area contributed by atoms with Crippen LogP contribution in [-0.2, 0) is 11.3 Å². The molecule has 0 aliphatic carbocycles. The lowest BCUT2D eigenvalue weighted by Gasteiger charge is -2.04. The minimum atomic E-state index is 0.711. The van der Waals surface area contributed by atoms with Gasteiger partial charge in [-0.2, -0.15) is 0 Å². The van der Waals surface area contributed by atoms with Gasteiger partial charge in [0, 0.05) is 13.2 Å². The lowest BCUT2D eigenvalue weighted by atomic mass is 10.2. The first-order valence-electron chi connectivity index (χ1n) is 5.37. The first-order chi connectivity index (χ1) is 7.43. The monoisotopic (exact) mass is 205 g/mol. The fourth-order valence-corrected chi connectivity index (χ4v) is 1.27. The fourth-order valence-electron chi connectivity index (χ4n) is 1.27. The Morgan fingerprint density at radius 2 is 2.07 bits per heavy atom. The molecule has 0 heterocycles. The molecule has 0 fully saturated rings. The summed E-state index contributed by atoms with van der Waals surface area (Å²) in [5.74, 6) is 0. The van der Waals surface area contributed by atoms with Gasteiger partial charge in [0.2, 0.25) is 0 Å². The molecule has 0 amide bonds. The van der Waals surface area contributed by atoms with Gasteiger partial charge in [-0.1, -0.05) is 36.4 Å². The van der Waals surface area contributed by atoms with E-state index in [0.717, 1.165) is 26.1 Å². The third-order valence-electron chi connectivity index (χ3n) is 2.04. The van der Waals surface area contributed by atoms with Crippen LogP contribution >= 0.6 is 0 Å². The zero-order valence-corrected chi connectivity index (χ0v) is 9.11. The van der Waals surface area contributed by atoms with E-state index in [4.69, 9.17) is 4.74 Å². The molecule has 1 N–H and O–H groups in total. The van der Waals surface area contributed by atoms with E-state index in [0.29, 0.717) is 6.61 Å². The Morgan fingerprint density at radius 1 is 1.27 bits per heavy atom. The van der Waals surface area contributed by atoms with E-state index in [1.807, 2.05) is 24.3 Å². The highest BCUT2D eigenvalue weighted by Gasteiger charge is 1.91. The van der Waals surface area contributed by atoms with Crippen LogP contribution in [0, 0.1) is 0 Å². The highest BCUT2D eigenvalue weighted by atomic mass is 16.5. The van der Waals surface area contributed by atoms with Crippen LogP contribution in [0.15, 0.2) is 43.0 Å². The predicted molar refractivity (Wildman–Crippen MR) is 63.8 cm³/mol. The van der Waals surface area contributed by atoms with Gasteiger partial charge in [-0.15, -0.1) is 6.58 Å². The van der Waals surface area contributed by atoms with Crippen molar-refractivity contribution in [3.63, 3.8) is 0 Å². The highest BCUT2D eigenvalue weighted by Crippen LogP contribution is 2.00. The number of rotatable bonds is 8. The van der Waals surface area contributed by atoms with E-state index in [9.17, 15) is 0 Å². The molecule has 0 spiro atoms. The minimum Gasteiger partial charge on any atom is -0.377 e. The first kappa shape index (κ1) is 12.0. The minimum absolute atomic E-state index is 0.711. The summed E-state index contributed by atoms with van der Waals surface area (Å²) in [6.07, 6.45) is 2.91. The Labute approximate surface area is 92.0 Å². The summed E-state index contributed by atoms with van der Waals surface area (Å²) in [4.78, 5) is 0. The molecule has 1 rings (SSSR count). The van der Waals surface area contributed by atoms with E-state index in [2.05, 4.69) is 24.0 Å². The van der Waals surface area contributed by atoms with Crippen LogP contribution < -0.4 is 5.32 Å². The van der Waals surface area contributed by atoms with E-state index < -0.39 is 0 Å². The van der Waals surface area contributed by atoms with Crippen molar-refractivity contribution in [3.05, 3.63) is 48.6 Å². The molecule has 0 unspecified atom stereocenters. The molecule has 1 aromatic rings. The van der Waals surface area contributed by atoms with Crippen LogP contribution in [0.1, 0.15) is 12.0 Å². The second-order valence-corrected chi connectivity index (χ2v) is 3.38. The van der Waals surface area contributed by atoms with Crippen molar-refractivity contribution < 1.29 is 4.74 Å². The fraction of sp³-hybridized carbons (Fsp3) is 0.385. The van der Waals surface area contributed by atoms with Gasteiger partial charge in [-0.25, -0.2) is 0 Å². The summed E-state index contributed by atoms with van der Waals surface area (Å²) in [7, 11) is 0. The molecule has 0 radical (unpaired) electrons. The van der Waals surface area contributed by atoms with Gasteiger partial charge in [0.15, 0.2) is 0 Å². The zero-order valence-electron chi connectivity index (χ0n) is 9.11. The number of nitrogens with one attached hydrogen (secondary N) is 1. The average molecular weight is 205 g/mol. The van der Waals surface area contributed by atoms with Gasteiger partial charge in [-0.05, 0) is 18.5 Å². The summed E-state index contributed by atoms with van der Waals surface area (Å²) < 4.78 is 5.53. The summed E-state index contributed by atoms with van der Waals surface area (Å²) >= 11 is 0. The van der Waals surface area contributed by atoms with Crippen molar-refractivity contribution in [2.75, 3.05) is 19.7 Å². The molecule has 0 atom stereocenters. The lowest BCUT2D eigenvalue weighted by molar-refractivity contribution is 0.118. The Bertz CT molecular complexity index is 258. The van der Waals surface area contributed by atoms with Gasteiger partial charge in [0.05, 0.1) is 6.61 Å². The summed E-state index contributed by atoms with van der Waals surface area (Å²) in [5.41, 5.74) is 1.23. The summed E-state index contributed by atoms with van der Waals surface area (Å²) in [5, 5.41) is 3.24. The normalized spacial score (nSPS) is 10.1. The molecule has 0 saturated carbocycles. The molecule has 0 saturated heterocycles. The Balaban J connectivity index is 1.95. The van der Waals surface area contributed by atoms with Crippen molar-refractivity contribution in [2.45, 2.75) is 13.0 Å². The predicted octanol–water partition coefficient (Wildman–Crippen LogP) is 2.37. The Morgan fingerprint density at radius 3 is 2.80 bits per heavy atom. The van der Waals surface area contributed by atoms with Crippen LogP contribution in [0.3, 0.4) is 0 Å². The Kier molecular flexibility index (Phi) is 6.54. The van der Waals surface area contributed by atoms with Crippen molar-refractivity contribution in [3.8, 4) is 0 Å². The molecule has 2 nitrogen and oxygen atoms in total. The number of hydrogen-bond acceptors (Lipinski definition) is 2. The first-order valence-corrected chi connectivity index (χ1v) is 5.37. The molecule has 0 aromatic heterocycles. The zero-order chi connectivity index (χ0) is 10.8. The molecule has 1 aromatic carbocycles. The van der Waals surface area contributed by atoms with Crippen molar-refractivity contribution >= 4 is 0 Å². The second-order valence-electron chi connectivity index (χ2n) is 3.38. The van der Waals surface area contributed by atoms with Crippen LogP contribution in [0.4, 0.5) is 0 Å². The Hall–Kier alpha value is -1.12. The molecule has 2 heteroatoms. The maximum Gasteiger partial charge on any atom is 0.0716 e. The highest BCUT2D eigenvalue weighted by molar-refractivity contribution is 5.13. The molecular formula is C13H19NO. The maximum atomic E-state index is 5.53. The van der Waals surface area contributed by atoms with Crippen molar-refractivity contribution in [1.29, 1.82) is 0 Å². The largest absolute Gasteiger partial charge is 0.377 e. The van der Waals surface area contributed by atoms with Crippen LogP contribution in [0.25, 0.3) is 0 Å². The lowest BCUT2D eigenvalue weighted by Crippen LogP contribution is -2.16. The van der Waals surface area contributed by atoms with E-state index >= 15 is 0 Å². The van der Waals surface area contributed by atoms with Gasteiger partial charge < -0.3 is 10.1 Å². The van der Waals surface area contributed by atoms with Gasteiger partial charge in [0.25, 0.3) is 0 Å². The maximum absolute atomic E-state index is 5.53. The van der Waals surface area contributed by atoms with E-state index in [1.165, 1.54) is 5.56 Å². The SMILES string of the molecule is C=CCNCCCOCc1ccccc1. The van der Waals surface area contributed by atoms with Gasteiger partial charge >= 0.3 is 0 Å². The molecule has 0 aliphatic rings. The number of benzene rings is 1. The van der Waals surface area contributed by atoms with Crippen molar-refractivity contribution in [2.24, 2.45) is 0 Å². The quantitative estimate of drug-likeness (QED) is 0.519. The van der Waals surface area contributed by atoms with Crippen LogP contribution in [0.2, 0.25) is 0 Å². The summed E-state index contributed by atoms with van der Waals surface area (Å²) in [6.45, 7) is 7.02. The molecular weight excluding hydrogens is 186 g/mol. The summed E-state index contributed by atoms with van der Waals surface area (Å²) in [6, 6.07) is 10.2. The standard InChI is InChI=1S/C13H19NO/c1-2-9-14-10-6-11-15-12-13-7-4-3-5-8-13/h2-5,7-8,14H,1,6,9-12H2. The number of ether oxygens (including phenoxy) is 1. The van der Waals surface area contributed by atoms with Gasteiger partial charge in [-0.3, -0.25) is 0 Å². The van der Waals surface area contributed by atoms with E-state index in [1.54, 1.807) is 0 Å². The molecule has 0 bridgehead atoms. The third kappa shape index (κ3) is 6.05. The van der Waals surface area contributed by atoms with E-state index in [-0.39, 0.29) is 0 Å². The number of hydrogen-bond donors (Lipinski definition) is 1. The van der Waals surface area contributed by atoms with Crippen molar-refractivity contribution in [1.82, 2.24) is 5.32 Å². The average Bonchev–Trinajstić information content (AvgIpc) is 2.29. The topological polar surface area (TPSA) is 21.3 Å².